The molecule has 0 spiro atoms. The van der Waals surface area contributed by atoms with E-state index in [1.54, 1.807) is 91.0 Å². The zero-order valence-corrected chi connectivity index (χ0v) is 80.4. The van der Waals surface area contributed by atoms with Gasteiger partial charge >= 0.3 is 77.6 Å². The minimum Gasteiger partial charge on any atom is -0.465 e. The molecule has 0 aliphatic heterocycles. The summed E-state index contributed by atoms with van der Waals surface area (Å²) in [6.07, 6.45) is 32.6. The summed E-state index contributed by atoms with van der Waals surface area (Å²) in [5, 5.41) is 9.84. The van der Waals surface area contributed by atoms with Gasteiger partial charge in [0.1, 0.15) is 66.1 Å². The van der Waals surface area contributed by atoms with E-state index in [1.165, 1.54) is 113 Å². The van der Waals surface area contributed by atoms with Crippen molar-refractivity contribution in [2.75, 3.05) is 72.7 Å². The molecule has 0 saturated heterocycles. The summed E-state index contributed by atoms with van der Waals surface area (Å²) in [5.41, 5.74) is -1.24. The van der Waals surface area contributed by atoms with Gasteiger partial charge in [-0.3, -0.25) is 38.4 Å². The Morgan fingerprint density at radius 1 is 0.250 bits per heavy atom. The first-order chi connectivity index (χ1) is 66.0. The van der Waals surface area contributed by atoms with Crippen LogP contribution in [0.3, 0.4) is 0 Å². The number of carbonyl (C=O) groups excluding carboxylic acids is 13. The molecule has 7 aliphatic carbocycles. The van der Waals surface area contributed by atoms with Crippen LogP contribution in [0.4, 0.5) is 0 Å². The van der Waals surface area contributed by atoms with Crippen molar-refractivity contribution in [2.45, 2.75) is 290 Å². The predicted molar refractivity (Wildman–Crippen MR) is 505 cm³/mol. The van der Waals surface area contributed by atoms with Crippen molar-refractivity contribution < 1.29 is 129 Å². The number of rotatable bonds is 41. The highest BCUT2D eigenvalue weighted by Crippen LogP contribution is 2.37. The van der Waals surface area contributed by atoms with E-state index in [4.69, 9.17) is 61.6 Å². The Bertz CT molecular complexity index is 4170. The molecule has 0 heterocycles. The van der Waals surface area contributed by atoms with E-state index in [1.807, 2.05) is 20.8 Å². The predicted octanol–water partition coefficient (Wildman–Crippen LogP) is 19.9. The molecule has 12 rings (SSSR count). The van der Waals surface area contributed by atoms with Gasteiger partial charge in [-0.1, -0.05) is 247 Å². The fourth-order valence-corrected chi connectivity index (χ4v) is 18.1. The maximum absolute atomic E-state index is 13.6. The third-order valence-electron chi connectivity index (χ3n) is 27.7. The van der Waals surface area contributed by atoms with Crippen molar-refractivity contribution in [1.82, 2.24) is 0 Å². The quantitative estimate of drug-likeness (QED) is 0.0280. The normalized spacial score (nSPS) is 17.4. The van der Waals surface area contributed by atoms with Gasteiger partial charge in [0.05, 0.1) is 92.1 Å². The smallest absolute Gasteiger partial charge is 0.338 e. The zero-order valence-electron chi connectivity index (χ0n) is 80.4. The van der Waals surface area contributed by atoms with E-state index in [-0.39, 0.29) is 170 Å². The Kier molecular flexibility index (Phi) is 47.5. The second-order valence-electron chi connectivity index (χ2n) is 37.9. The SMILES string of the molecule is CCC(CO)(COC(=O)C1CCCCC1)COC(=O)C1CCCCC1.CCC(COC(=O)C1CCCCC1)(COC(=O)C1CCCCC1)COC(=O)C1CCCCC1.CCC(COC(C)=O)(COC(=O)C1CCCCC1)COC(=O)C1CCCCC1.O=C(OCC(OC(=O)c1ccccc1)C(OC(=O)c1ccccc1)C(COC(=O)c1ccccc1)OC(=O)c1ccccc1)c1ccccc1. The van der Waals surface area contributed by atoms with Crippen LogP contribution in [0.1, 0.15) is 323 Å². The third kappa shape index (κ3) is 36.9. The molecule has 7 fully saturated rings. The van der Waals surface area contributed by atoms with E-state index in [0.717, 1.165) is 180 Å². The van der Waals surface area contributed by atoms with Gasteiger partial charge in [0.25, 0.3) is 0 Å². The lowest BCUT2D eigenvalue weighted by atomic mass is 9.86. The molecule has 5 aromatic carbocycles. The lowest BCUT2D eigenvalue weighted by Gasteiger charge is -2.33. The standard InChI is InChI=1S/C40H32O10.C27H44O6.C22H36O6.C20H34O5/c41-36(28-16-6-1-7-17-28)46-26-33(48-38(43)30-20-10-3-11-21-30)35(50-40(45)32-24-14-5-15-25-32)34(49-39(44)31-22-12-4-13-23-31)27-47-37(42)29-18-8-2-9-19-29;1-2-27(18-31-24(28)21-12-6-3-7-13-21,19-32-25(29)22-14-8-4-9-15-22)20-33-26(30)23-16-10-5-11-17-23;1-3-22(14-26-17(2)23,15-27-20(24)18-10-6-4-7-11-18)16-28-21(25)19-12-8-5-9-13-19;1-2-20(13-21,14-24-18(22)16-9-5-3-6-10-16)15-25-19(23)17-11-7-4-8-12-17/h1-25,33-35H,26-27H2;21-23H,2-20H2,1H3;18-19H,3-16H2,1-2H3;16-17,21H,2-15H2,1H3. The molecule has 1 N–H and O–H groups in total. The first-order valence-corrected chi connectivity index (χ1v) is 50.1. The highest BCUT2D eigenvalue weighted by atomic mass is 16.6. The van der Waals surface area contributed by atoms with Crippen molar-refractivity contribution in [3.05, 3.63) is 179 Å². The number of hydrogen-bond acceptors (Lipinski definition) is 27. The topological polar surface area (TPSA) is 362 Å². The molecule has 2 unspecified atom stereocenters. The Morgan fingerprint density at radius 3 is 0.625 bits per heavy atom. The number of benzene rings is 5. The molecule has 27 heteroatoms. The molecule has 7 saturated carbocycles. The van der Waals surface area contributed by atoms with E-state index in [2.05, 4.69) is 0 Å². The molecular formula is C109H146O27. The average molecular weight is 1890 g/mol. The fraction of sp³-hybridized carbons (Fsp3) is 0.606. The van der Waals surface area contributed by atoms with Crippen molar-refractivity contribution in [2.24, 2.45) is 57.7 Å². The summed E-state index contributed by atoms with van der Waals surface area (Å²) in [4.78, 5) is 165. The summed E-state index contributed by atoms with van der Waals surface area (Å²) in [6.45, 7) is 6.66. The summed E-state index contributed by atoms with van der Waals surface area (Å²) in [7, 11) is 0. The third-order valence-corrected chi connectivity index (χ3v) is 27.7. The van der Waals surface area contributed by atoms with Crippen LogP contribution in [0.5, 0.6) is 0 Å². The number of aliphatic hydroxyl groups excluding tert-OH is 1. The first-order valence-electron chi connectivity index (χ1n) is 50.1. The molecule has 744 valence electrons. The Morgan fingerprint density at radius 2 is 0.434 bits per heavy atom. The minimum atomic E-state index is -1.66. The second kappa shape index (κ2) is 59.3. The van der Waals surface area contributed by atoms with Gasteiger partial charge in [0.2, 0.25) is 0 Å². The Balaban J connectivity index is 0.000000212. The van der Waals surface area contributed by atoms with Crippen molar-refractivity contribution in [3.63, 3.8) is 0 Å². The van der Waals surface area contributed by atoms with Crippen LogP contribution < -0.4 is 0 Å². The number of aliphatic hydroxyl groups is 1. The summed E-state index contributed by atoms with van der Waals surface area (Å²) in [6, 6.07) is 40.1. The molecule has 0 aromatic heterocycles. The number of hydrogen-bond donors (Lipinski definition) is 1. The lowest BCUT2D eigenvalue weighted by molar-refractivity contribution is -0.170. The first kappa shape index (κ1) is 109. The van der Waals surface area contributed by atoms with Gasteiger partial charge < -0.3 is 66.7 Å². The van der Waals surface area contributed by atoms with Gasteiger partial charge in [0, 0.05) is 6.92 Å². The van der Waals surface area contributed by atoms with E-state index < -0.39 is 83.6 Å². The summed E-state index contributed by atoms with van der Waals surface area (Å²) >= 11 is 0. The van der Waals surface area contributed by atoms with Gasteiger partial charge in [-0.2, -0.15) is 0 Å². The molecule has 0 bridgehead atoms. The average Bonchev–Trinajstić information content (AvgIpc) is 0.824. The molecule has 7 aliphatic rings. The second-order valence-corrected chi connectivity index (χ2v) is 37.9. The highest BCUT2D eigenvalue weighted by Gasteiger charge is 2.44. The number of esters is 13. The van der Waals surface area contributed by atoms with Crippen molar-refractivity contribution >= 4 is 77.6 Å². The summed E-state index contributed by atoms with van der Waals surface area (Å²) < 4.78 is 73.6. The van der Waals surface area contributed by atoms with Crippen LogP contribution in [-0.2, 0) is 99.9 Å². The highest BCUT2D eigenvalue weighted by molar-refractivity contribution is 5.93. The molecule has 0 radical (unpaired) electrons. The van der Waals surface area contributed by atoms with Gasteiger partial charge in [-0.15, -0.1) is 0 Å². The van der Waals surface area contributed by atoms with Crippen LogP contribution in [-0.4, -0.2) is 174 Å². The van der Waals surface area contributed by atoms with Gasteiger partial charge in [-0.05, 0) is 170 Å². The van der Waals surface area contributed by atoms with E-state index >= 15 is 0 Å². The van der Waals surface area contributed by atoms with E-state index in [0.29, 0.717) is 19.3 Å². The number of carbonyl (C=O) groups is 13. The van der Waals surface area contributed by atoms with Crippen LogP contribution in [0.25, 0.3) is 0 Å². The maximum atomic E-state index is 13.6. The summed E-state index contributed by atoms with van der Waals surface area (Å²) in [5.74, 6) is -5.86. The molecular weight excluding hydrogens is 1740 g/mol. The van der Waals surface area contributed by atoms with E-state index in [9.17, 15) is 67.4 Å². The van der Waals surface area contributed by atoms with Gasteiger partial charge in [-0.25, -0.2) is 24.0 Å². The van der Waals surface area contributed by atoms with Crippen LogP contribution in [0, 0.1) is 57.7 Å². The van der Waals surface area contributed by atoms with Crippen LogP contribution in [0.2, 0.25) is 0 Å². The lowest BCUT2D eigenvalue weighted by Crippen LogP contribution is -2.50. The Hall–Kier alpha value is -10.8. The maximum Gasteiger partial charge on any atom is 0.338 e. The van der Waals surface area contributed by atoms with Gasteiger partial charge in [0.15, 0.2) is 18.3 Å². The molecule has 0 amide bonds. The molecule has 136 heavy (non-hydrogen) atoms. The fourth-order valence-electron chi connectivity index (χ4n) is 18.1. The molecule has 2 atom stereocenters. The monoisotopic (exact) mass is 1890 g/mol. The zero-order chi connectivity index (χ0) is 97.2. The largest absolute Gasteiger partial charge is 0.465 e. The van der Waals surface area contributed by atoms with Crippen LogP contribution >= 0.6 is 0 Å². The van der Waals surface area contributed by atoms with Crippen LogP contribution in [0.15, 0.2) is 152 Å². The molecule has 27 nitrogen and oxygen atoms in total. The Labute approximate surface area is 802 Å². The minimum absolute atomic E-state index is 0.00760. The van der Waals surface area contributed by atoms with Crippen molar-refractivity contribution in [3.8, 4) is 0 Å². The molecule has 5 aromatic rings. The van der Waals surface area contributed by atoms with Crippen molar-refractivity contribution in [1.29, 1.82) is 0 Å². The number of ether oxygens (including phenoxy) is 13.